The second-order valence-corrected chi connectivity index (χ2v) is 6.99. The standard InChI is InChI=1S/C24H22N4O2/c1-3-25-24(30)27-21-6-4-5-20(13-21)22-15-26-23-14-19(11-12-28(22)23)18-9-7-17(8-10-18)16(2)29/h4-15H,3H2,1-2H3,(H2,25,27,30). The van der Waals surface area contributed by atoms with E-state index in [-0.39, 0.29) is 11.8 Å². The summed E-state index contributed by atoms with van der Waals surface area (Å²) in [5.74, 6) is 0.0544. The third kappa shape index (κ3) is 3.93. The average molecular weight is 398 g/mol. The Balaban J connectivity index is 1.64. The molecule has 4 rings (SSSR count). The molecule has 2 heterocycles. The van der Waals surface area contributed by atoms with Crippen LogP contribution in [0.15, 0.2) is 73.1 Å². The molecule has 4 aromatic rings. The number of anilines is 1. The highest BCUT2D eigenvalue weighted by molar-refractivity contribution is 5.94. The van der Waals surface area contributed by atoms with E-state index >= 15 is 0 Å². The summed E-state index contributed by atoms with van der Waals surface area (Å²) in [4.78, 5) is 27.8. The summed E-state index contributed by atoms with van der Waals surface area (Å²) in [7, 11) is 0. The molecular weight excluding hydrogens is 376 g/mol. The summed E-state index contributed by atoms with van der Waals surface area (Å²) >= 11 is 0. The highest BCUT2D eigenvalue weighted by atomic mass is 16.2. The highest BCUT2D eigenvalue weighted by Crippen LogP contribution is 2.27. The van der Waals surface area contributed by atoms with Crippen molar-refractivity contribution < 1.29 is 9.59 Å². The lowest BCUT2D eigenvalue weighted by molar-refractivity contribution is 0.101. The lowest BCUT2D eigenvalue weighted by Gasteiger charge is -2.09. The van der Waals surface area contributed by atoms with Gasteiger partial charge in [-0.15, -0.1) is 0 Å². The van der Waals surface area contributed by atoms with Crippen LogP contribution in [0.1, 0.15) is 24.2 Å². The van der Waals surface area contributed by atoms with Crippen LogP contribution >= 0.6 is 0 Å². The fraction of sp³-hybridized carbons (Fsp3) is 0.125. The molecule has 0 atom stereocenters. The van der Waals surface area contributed by atoms with E-state index in [2.05, 4.69) is 15.6 Å². The van der Waals surface area contributed by atoms with E-state index in [9.17, 15) is 9.59 Å². The number of carbonyl (C=O) groups is 2. The van der Waals surface area contributed by atoms with E-state index in [1.165, 1.54) is 0 Å². The molecule has 0 spiro atoms. The summed E-state index contributed by atoms with van der Waals surface area (Å²) in [6.07, 6.45) is 3.80. The molecule has 0 fully saturated rings. The minimum atomic E-state index is -0.228. The molecule has 6 nitrogen and oxygen atoms in total. The SMILES string of the molecule is CCNC(=O)Nc1cccc(-c2cnc3cc(-c4ccc(C(C)=O)cc4)ccn23)c1. The first-order valence-corrected chi connectivity index (χ1v) is 9.79. The normalized spacial score (nSPS) is 10.7. The number of benzene rings is 2. The largest absolute Gasteiger partial charge is 0.338 e. The first-order chi connectivity index (χ1) is 14.5. The average Bonchev–Trinajstić information content (AvgIpc) is 3.17. The minimum absolute atomic E-state index is 0.0544. The van der Waals surface area contributed by atoms with Crippen molar-refractivity contribution in [3.8, 4) is 22.4 Å². The predicted octanol–water partition coefficient (Wildman–Crippen LogP) is 5.01. The third-order valence-electron chi connectivity index (χ3n) is 4.89. The van der Waals surface area contributed by atoms with Crippen molar-refractivity contribution in [3.63, 3.8) is 0 Å². The quantitative estimate of drug-likeness (QED) is 0.464. The number of nitrogens with one attached hydrogen (secondary N) is 2. The van der Waals surface area contributed by atoms with E-state index in [1.54, 1.807) is 6.92 Å². The first kappa shape index (κ1) is 19.4. The van der Waals surface area contributed by atoms with E-state index in [4.69, 9.17) is 0 Å². The monoisotopic (exact) mass is 398 g/mol. The van der Waals surface area contributed by atoms with E-state index in [0.29, 0.717) is 12.1 Å². The fourth-order valence-electron chi connectivity index (χ4n) is 3.36. The number of ketones is 1. The van der Waals surface area contributed by atoms with Crippen LogP contribution in [0, 0.1) is 0 Å². The number of carbonyl (C=O) groups excluding carboxylic acids is 2. The van der Waals surface area contributed by atoms with E-state index in [1.807, 2.05) is 84.4 Å². The van der Waals surface area contributed by atoms with Crippen molar-refractivity contribution in [2.45, 2.75) is 13.8 Å². The number of aromatic nitrogens is 2. The van der Waals surface area contributed by atoms with Crippen molar-refractivity contribution in [1.29, 1.82) is 0 Å². The number of Topliss-reactive ketones (excluding diaryl/α,β-unsaturated/α-hetero) is 1. The van der Waals surface area contributed by atoms with Gasteiger partial charge in [-0.25, -0.2) is 9.78 Å². The molecular formula is C24H22N4O2. The molecule has 0 aliphatic rings. The van der Waals surface area contributed by atoms with Crippen molar-refractivity contribution in [2.24, 2.45) is 0 Å². The summed E-state index contributed by atoms with van der Waals surface area (Å²) in [6, 6.07) is 19.1. The number of amides is 2. The van der Waals surface area contributed by atoms with Crippen LogP contribution < -0.4 is 10.6 Å². The van der Waals surface area contributed by atoms with Crippen LogP contribution in [0.2, 0.25) is 0 Å². The Bertz CT molecular complexity index is 1230. The molecule has 0 saturated heterocycles. The van der Waals surface area contributed by atoms with E-state index < -0.39 is 0 Å². The molecule has 0 aliphatic carbocycles. The van der Waals surface area contributed by atoms with Crippen molar-refractivity contribution in [1.82, 2.24) is 14.7 Å². The molecule has 0 aliphatic heterocycles. The Kier molecular flexibility index (Phi) is 5.30. The number of fused-ring (bicyclic) bond motifs is 1. The van der Waals surface area contributed by atoms with E-state index in [0.717, 1.165) is 33.7 Å². The van der Waals surface area contributed by atoms with Crippen molar-refractivity contribution >= 4 is 23.1 Å². The number of imidazole rings is 1. The second kappa shape index (κ2) is 8.21. The molecule has 0 radical (unpaired) electrons. The molecule has 0 unspecified atom stereocenters. The Hall–Kier alpha value is -3.93. The van der Waals surface area contributed by atoms with Gasteiger partial charge in [-0.3, -0.25) is 9.20 Å². The number of nitrogens with zero attached hydrogens (tertiary/aromatic N) is 2. The summed E-state index contributed by atoms with van der Waals surface area (Å²) < 4.78 is 2.01. The third-order valence-corrected chi connectivity index (χ3v) is 4.89. The van der Waals surface area contributed by atoms with Crippen LogP contribution in [-0.2, 0) is 0 Å². The van der Waals surface area contributed by atoms with Crippen LogP contribution in [0.5, 0.6) is 0 Å². The first-order valence-electron chi connectivity index (χ1n) is 9.79. The van der Waals surface area contributed by atoms with Gasteiger partial charge in [0.2, 0.25) is 0 Å². The van der Waals surface area contributed by atoms with Crippen molar-refractivity contribution in [3.05, 3.63) is 78.6 Å². The number of pyridine rings is 1. The molecule has 2 aromatic heterocycles. The maximum atomic E-state index is 11.8. The topological polar surface area (TPSA) is 75.5 Å². The van der Waals surface area contributed by atoms with Gasteiger partial charge in [-0.2, -0.15) is 0 Å². The number of rotatable bonds is 5. The molecule has 2 amide bonds. The number of hydrogen-bond acceptors (Lipinski definition) is 3. The van der Waals surface area contributed by atoms with Crippen molar-refractivity contribution in [2.75, 3.05) is 11.9 Å². The summed E-state index contributed by atoms with van der Waals surface area (Å²) in [5.41, 5.74) is 6.18. The summed E-state index contributed by atoms with van der Waals surface area (Å²) in [6.45, 7) is 4.01. The smallest absolute Gasteiger partial charge is 0.319 e. The Morgan fingerprint density at radius 1 is 0.967 bits per heavy atom. The van der Waals surface area contributed by atoms with Gasteiger partial charge in [0, 0.05) is 29.6 Å². The second-order valence-electron chi connectivity index (χ2n) is 6.99. The Labute approximate surface area is 174 Å². The van der Waals surface area contributed by atoms with Gasteiger partial charge < -0.3 is 10.6 Å². The minimum Gasteiger partial charge on any atom is -0.338 e. The molecule has 0 saturated carbocycles. The van der Waals surface area contributed by atoms with Gasteiger partial charge in [-0.1, -0.05) is 36.4 Å². The molecule has 30 heavy (non-hydrogen) atoms. The maximum absolute atomic E-state index is 11.8. The highest BCUT2D eigenvalue weighted by Gasteiger charge is 2.09. The number of hydrogen-bond donors (Lipinski definition) is 2. The van der Waals surface area contributed by atoms with Gasteiger partial charge in [0.05, 0.1) is 11.9 Å². The van der Waals surface area contributed by atoms with Crippen LogP contribution in [0.4, 0.5) is 10.5 Å². The van der Waals surface area contributed by atoms with Gasteiger partial charge in [0.15, 0.2) is 5.78 Å². The van der Waals surface area contributed by atoms with Gasteiger partial charge in [0.25, 0.3) is 0 Å². The zero-order valence-electron chi connectivity index (χ0n) is 16.8. The molecule has 6 heteroatoms. The maximum Gasteiger partial charge on any atom is 0.319 e. The van der Waals surface area contributed by atoms with Crippen LogP contribution in [0.25, 0.3) is 28.0 Å². The Morgan fingerprint density at radius 2 is 1.77 bits per heavy atom. The predicted molar refractivity (Wildman–Crippen MR) is 119 cm³/mol. The van der Waals surface area contributed by atoms with Gasteiger partial charge in [-0.05, 0) is 49.2 Å². The zero-order valence-corrected chi connectivity index (χ0v) is 16.8. The van der Waals surface area contributed by atoms with Gasteiger partial charge >= 0.3 is 6.03 Å². The number of urea groups is 1. The molecule has 2 aromatic carbocycles. The Morgan fingerprint density at radius 3 is 2.50 bits per heavy atom. The molecule has 150 valence electrons. The lowest BCUT2D eigenvalue weighted by Crippen LogP contribution is -2.28. The van der Waals surface area contributed by atoms with Gasteiger partial charge in [0.1, 0.15) is 5.65 Å². The molecule has 0 bridgehead atoms. The molecule has 2 N–H and O–H groups in total. The lowest BCUT2D eigenvalue weighted by atomic mass is 10.0. The summed E-state index contributed by atoms with van der Waals surface area (Å²) in [5, 5.41) is 5.56. The van der Waals surface area contributed by atoms with Crippen LogP contribution in [0.3, 0.4) is 0 Å². The van der Waals surface area contributed by atoms with Crippen LogP contribution in [-0.4, -0.2) is 27.7 Å². The zero-order chi connectivity index (χ0) is 21.1. The fourth-order valence-corrected chi connectivity index (χ4v) is 3.36.